The molecular weight excluding hydrogens is 344 g/mol. The molecule has 1 amide bonds. The Bertz CT molecular complexity index is 686. The van der Waals surface area contributed by atoms with Gasteiger partial charge in [-0.2, -0.15) is 8.78 Å². The first-order valence-electron chi connectivity index (χ1n) is 7.14. The maximum atomic E-state index is 12.4. The number of alkyl halides is 2. The predicted molar refractivity (Wildman–Crippen MR) is 82.4 cm³/mol. The number of esters is 1. The molecule has 0 saturated heterocycles. The van der Waals surface area contributed by atoms with Crippen LogP contribution in [0.25, 0.3) is 0 Å². The van der Waals surface area contributed by atoms with E-state index in [1.165, 1.54) is 0 Å². The molecule has 24 heavy (non-hydrogen) atoms. The van der Waals surface area contributed by atoms with Crippen molar-refractivity contribution in [3.63, 3.8) is 0 Å². The van der Waals surface area contributed by atoms with E-state index in [1.807, 2.05) is 20.8 Å². The highest BCUT2D eigenvalue weighted by Gasteiger charge is 2.26. The van der Waals surface area contributed by atoms with Crippen molar-refractivity contribution in [2.24, 2.45) is 5.92 Å². The summed E-state index contributed by atoms with van der Waals surface area (Å²) in [5.74, 6) is -4.65. The number of sulfone groups is 1. The van der Waals surface area contributed by atoms with E-state index in [1.54, 1.807) is 0 Å². The molecule has 1 aromatic carbocycles. The Labute approximate surface area is 139 Å². The molecule has 6 nitrogen and oxygen atoms in total. The molecule has 0 fully saturated rings. The minimum atomic E-state index is -4.72. The number of nitrogens with one attached hydrogen (secondary N) is 1. The first-order valence-corrected chi connectivity index (χ1v) is 8.69. The number of hydrogen-bond acceptors (Lipinski definition) is 5. The Balaban J connectivity index is 2.65. The normalized spacial score (nSPS) is 13.0. The van der Waals surface area contributed by atoms with Gasteiger partial charge in [-0.25, -0.2) is 13.2 Å². The van der Waals surface area contributed by atoms with Crippen molar-refractivity contribution in [2.75, 3.05) is 6.61 Å². The summed E-state index contributed by atoms with van der Waals surface area (Å²) in [7, 11) is -4.72. The summed E-state index contributed by atoms with van der Waals surface area (Å²) >= 11 is 0. The van der Waals surface area contributed by atoms with Gasteiger partial charge in [0.1, 0.15) is 0 Å². The fourth-order valence-corrected chi connectivity index (χ4v) is 2.28. The molecule has 134 valence electrons. The highest BCUT2D eigenvalue weighted by atomic mass is 32.2. The van der Waals surface area contributed by atoms with Crippen LogP contribution in [0.3, 0.4) is 0 Å². The third-order valence-corrected chi connectivity index (χ3v) is 4.77. The second kappa shape index (κ2) is 8.18. The van der Waals surface area contributed by atoms with Crippen molar-refractivity contribution in [1.29, 1.82) is 0 Å². The number of benzene rings is 1. The molecule has 1 rings (SSSR count). The average Bonchev–Trinajstić information content (AvgIpc) is 2.52. The lowest BCUT2D eigenvalue weighted by Crippen LogP contribution is -2.38. The fraction of sp³-hybridized carbons (Fsp3) is 0.467. The molecule has 0 heterocycles. The minimum Gasteiger partial charge on any atom is -0.452 e. The lowest BCUT2D eigenvalue weighted by molar-refractivity contribution is -0.125. The number of rotatable bonds is 7. The zero-order chi connectivity index (χ0) is 18.5. The van der Waals surface area contributed by atoms with Crippen LogP contribution in [0.5, 0.6) is 0 Å². The molecule has 1 atom stereocenters. The smallest absolute Gasteiger partial charge is 0.341 e. The van der Waals surface area contributed by atoms with E-state index in [-0.39, 0.29) is 17.5 Å². The van der Waals surface area contributed by atoms with E-state index in [4.69, 9.17) is 4.74 Å². The van der Waals surface area contributed by atoms with Gasteiger partial charge in [0.2, 0.25) is 9.84 Å². The first kappa shape index (κ1) is 20.0. The van der Waals surface area contributed by atoms with Crippen molar-refractivity contribution in [3.8, 4) is 0 Å². The second-order valence-corrected chi connectivity index (χ2v) is 7.42. The minimum absolute atomic E-state index is 0.0482. The van der Waals surface area contributed by atoms with E-state index in [0.717, 1.165) is 24.3 Å². The van der Waals surface area contributed by atoms with Crippen LogP contribution < -0.4 is 5.32 Å². The molecule has 0 aliphatic carbocycles. The highest BCUT2D eigenvalue weighted by molar-refractivity contribution is 7.91. The number of hydrogen-bond donors (Lipinski definition) is 1. The molecule has 0 unspecified atom stereocenters. The molecule has 0 spiro atoms. The van der Waals surface area contributed by atoms with Crippen molar-refractivity contribution >= 4 is 21.7 Å². The summed E-state index contributed by atoms with van der Waals surface area (Å²) < 4.78 is 52.1. The Morgan fingerprint density at radius 1 is 1.12 bits per heavy atom. The van der Waals surface area contributed by atoms with Crippen LogP contribution in [0.1, 0.15) is 31.1 Å². The van der Waals surface area contributed by atoms with Gasteiger partial charge in [0.05, 0.1) is 10.5 Å². The quantitative estimate of drug-likeness (QED) is 0.749. The van der Waals surface area contributed by atoms with Crippen LogP contribution in [-0.2, 0) is 19.4 Å². The lowest BCUT2D eigenvalue weighted by Gasteiger charge is -2.17. The van der Waals surface area contributed by atoms with Crippen LogP contribution in [0, 0.1) is 5.92 Å². The predicted octanol–water partition coefficient (Wildman–Crippen LogP) is 2.00. The molecule has 0 aliphatic rings. The fourth-order valence-electron chi connectivity index (χ4n) is 1.56. The molecular formula is C15H19F2NO5S. The first-order chi connectivity index (χ1) is 11.1. The summed E-state index contributed by atoms with van der Waals surface area (Å²) in [6, 6.07) is 3.78. The highest BCUT2D eigenvalue weighted by Crippen LogP contribution is 2.18. The molecule has 0 radical (unpaired) electrons. The van der Waals surface area contributed by atoms with E-state index in [2.05, 4.69) is 5.32 Å². The van der Waals surface area contributed by atoms with E-state index in [0.29, 0.717) is 0 Å². The Morgan fingerprint density at radius 2 is 1.67 bits per heavy atom. The molecule has 9 heteroatoms. The largest absolute Gasteiger partial charge is 0.452 e. The molecule has 1 N–H and O–H groups in total. The van der Waals surface area contributed by atoms with E-state index >= 15 is 0 Å². The van der Waals surface area contributed by atoms with E-state index in [9.17, 15) is 26.8 Å². The van der Waals surface area contributed by atoms with Gasteiger partial charge in [0.15, 0.2) is 6.61 Å². The van der Waals surface area contributed by atoms with Gasteiger partial charge in [0.25, 0.3) is 5.91 Å². The number of carbonyl (C=O) groups is 2. The van der Waals surface area contributed by atoms with Crippen LogP contribution >= 0.6 is 0 Å². The third-order valence-electron chi connectivity index (χ3n) is 3.38. The Kier molecular flexibility index (Phi) is 6.82. The third kappa shape index (κ3) is 5.26. The van der Waals surface area contributed by atoms with Crippen molar-refractivity contribution < 1.29 is 31.5 Å². The van der Waals surface area contributed by atoms with Gasteiger partial charge < -0.3 is 10.1 Å². The monoisotopic (exact) mass is 363 g/mol. The standard InChI is InChI=1S/C15H19F2NO5S/c1-9(2)10(3)18-13(19)8-23-14(20)11-4-6-12(7-5-11)24(21,22)15(16)17/h4-7,9-10,15H,8H2,1-3H3,(H,18,19)/t10-/m0/s1. The van der Waals surface area contributed by atoms with Crippen LogP contribution in [0.2, 0.25) is 0 Å². The second-order valence-electron chi connectivity index (χ2n) is 5.51. The zero-order valence-corrected chi connectivity index (χ0v) is 14.3. The van der Waals surface area contributed by atoms with E-state index < -0.39 is 39.0 Å². The maximum Gasteiger partial charge on any atom is 0.341 e. The SMILES string of the molecule is CC(C)[C@H](C)NC(=O)COC(=O)c1ccc(S(=O)(=O)C(F)F)cc1. The van der Waals surface area contributed by atoms with Crippen molar-refractivity contribution in [1.82, 2.24) is 5.32 Å². The van der Waals surface area contributed by atoms with Gasteiger partial charge in [-0.05, 0) is 37.1 Å². The van der Waals surface area contributed by atoms with Crippen LogP contribution in [0.4, 0.5) is 8.78 Å². The maximum absolute atomic E-state index is 12.4. The summed E-state index contributed by atoms with van der Waals surface area (Å²) in [6.07, 6.45) is 0. The van der Waals surface area contributed by atoms with Gasteiger partial charge in [-0.3, -0.25) is 4.79 Å². The van der Waals surface area contributed by atoms with Crippen molar-refractivity contribution in [2.45, 2.75) is 37.5 Å². The molecule has 1 aromatic rings. The molecule has 0 bridgehead atoms. The Morgan fingerprint density at radius 3 is 2.12 bits per heavy atom. The zero-order valence-electron chi connectivity index (χ0n) is 13.5. The molecule has 0 saturated carbocycles. The Hall–Kier alpha value is -2.03. The van der Waals surface area contributed by atoms with Crippen molar-refractivity contribution in [3.05, 3.63) is 29.8 Å². The van der Waals surface area contributed by atoms with Gasteiger partial charge in [-0.1, -0.05) is 13.8 Å². The van der Waals surface area contributed by atoms with Gasteiger partial charge in [0, 0.05) is 6.04 Å². The molecule has 0 aliphatic heterocycles. The van der Waals surface area contributed by atoms with Crippen LogP contribution in [-0.4, -0.2) is 38.7 Å². The summed E-state index contributed by atoms with van der Waals surface area (Å²) in [4.78, 5) is 22.8. The molecule has 0 aromatic heterocycles. The number of amides is 1. The number of halogens is 2. The topological polar surface area (TPSA) is 89.5 Å². The summed E-state index contributed by atoms with van der Waals surface area (Å²) in [6.45, 7) is 5.16. The lowest BCUT2D eigenvalue weighted by atomic mass is 10.1. The summed E-state index contributed by atoms with van der Waals surface area (Å²) in [5, 5.41) is 2.65. The number of ether oxygens (including phenoxy) is 1. The van der Waals surface area contributed by atoms with Crippen LogP contribution in [0.15, 0.2) is 29.2 Å². The summed E-state index contributed by atoms with van der Waals surface area (Å²) in [5.41, 5.74) is -0.0482. The van der Waals surface area contributed by atoms with Gasteiger partial charge in [-0.15, -0.1) is 0 Å². The average molecular weight is 363 g/mol. The van der Waals surface area contributed by atoms with Gasteiger partial charge >= 0.3 is 11.7 Å². The number of carbonyl (C=O) groups excluding carboxylic acids is 2.